The van der Waals surface area contributed by atoms with Gasteiger partial charge in [-0.05, 0) is 84.4 Å². The summed E-state index contributed by atoms with van der Waals surface area (Å²) in [7, 11) is 0. The average molecular weight is 289 g/mol. The van der Waals surface area contributed by atoms with E-state index in [4.69, 9.17) is 0 Å². The van der Waals surface area contributed by atoms with Crippen LogP contribution in [0.25, 0.3) is 0 Å². The van der Waals surface area contributed by atoms with Gasteiger partial charge in [0.25, 0.3) is 0 Å². The van der Waals surface area contributed by atoms with E-state index in [1.54, 1.807) is 25.7 Å². The molecule has 0 heterocycles. The van der Waals surface area contributed by atoms with E-state index >= 15 is 0 Å². The molecule has 4 aliphatic rings. The molecule has 9 unspecified atom stereocenters. The fourth-order valence-corrected chi connectivity index (χ4v) is 8.40. The van der Waals surface area contributed by atoms with E-state index in [1.165, 1.54) is 12.8 Å². The van der Waals surface area contributed by atoms with Gasteiger partial charge >= 0.3 is 0 Å². The van der Waals surface area contributed by atoms with Gasteiger partial charge in [-0.25, -0.2) is 0 Å². The van der Waals surface area contributed by atoms with E-state index in [0.29, 0.717) is 5.41 Å². The Kier molecular flexibility index (Phi) is 3.30. The van der Waals surface area contributed by atoms with Crippen LogP contribution in [0.5, 0.6) is 0 Å². The Morgan fingerprint density at radius 2 is 1.62 bits per heavy atom. The second-order valence-corrected chi connectivity index (χ2v) is 9.87. The third kappa shape index (κ3) is 1.80. The maximum absolute atomic E-state index is 2.65. The molecular weight excluding hydrogens is 252 g/mol. The number of hydrogen-bond donors (Lipinski definition) is 0. The van der Waals surface area contributed by atoms with E-state index < -0.39 is 0 Å². The van der Waals surface area contributed by atoms with Crippen molar-refractivity contribution in [2.45, 2.75) is 73.1 Å². The SMILES string of the molecule is CCC1CC2C(C1)C1C3CC2C1C(C(C)C)C(C)(CC)C3. The van der Waals surface area contributed by atoms with Crippen LogP contribution in [0.2, 0.25) is 0 Å². The number of hydrogen-bond acceptors (Lipinski definition) is 0. The van der Waals surface area contributed by atoms with Crippen LogP contribution in [-0.4, -0.2) is 0 Å². The van der Waals surface area contributed by atoms with Gasteiger partial charge in [-0.3, -0.25) is 0 Å². The van der Waals surface area contributed by atoms with Gasteiger partial charge in [0.1, 0.15) is 0 Å². The molecule has 0 saturated heterocycles. The number of fused-ring (bicyclic) bond motifs is 2. The molecule has 0 amide bonds. The van der Waals surface area contributed by atoms with Crippen molar-refractivity contribution < 1.29 is 0 Å². The van der Waals surface area contributed by atoms with Crippen molar-refractivity contribution in [2.24, 2.45) is 58.7 Å². The summed E-state index contributed by atoms with van der Waals surface area (Å²) in [5.41, 5.74) is 0.650. The van der Waals surface area contributed by atoms with Gasteiger partial charge in [-0.2, -0.15) is 0 Å². The Morgan fingerprint density at radius 3 is 2.24 bits per heavy atom. The molecule has 0 spiro atoms. The van der Waals surface area contributed by atoms with Gasteiger partial charge in [0.05, 0.1) is 0 Å². The van der Waals surface area contributed by atoms with Crippen LogP contribution in [-0.2, 0) is 0 Å². The molecule has 4 bridgehead atoms. The minimum atomic E-state index is 0.650. The highest BCUT2D eigenvalue weighted by molar-refractivity contribution is 5.15. The lowest BCUT2D eigenvalue weighted by Gasteiger charge is -2.51. The summed E-state index contributed by atoms with van der Waals surface area (Å²) in [6.45, 7) is 12.6. The van der Waals surface area contributed by atoms with Crippen LogP contribution >= 0.6 is 0 Å². The Bertz CT molecular complexity index is 410. The standard InChI is InChI=1S/C21H36/c1-6-13-8-15-16(9-13)18-14-10-17(15)19(18)20(12(3)4)21(5,7-2)11-14/h12-20H,6-11H2,1-5H3. The molecule has 0 aromatic heterocycles. The third-order valence-electron chi connectivity index (χ3n) is 8.91. The van der Waals surface area contributed by atoms with Gasteiger partial charge in [0.15, 0.2) is 0 Å². The molecule has 9 atom stereocenters. The summed E-state index contributed by atoms with van der Waals surface area (Å²) in [5.74, 6) is 9.77. The highest BCUT2D eigenvalue weighted by atomic mass is 14.7. The second kappa shape index (κ2) is 4.75. The van der Waals surface area contributed by atoms with E-state index in [-0.39, 0.29) is 0 Å². The quantitative estimate of drug-likeness (QED) is 0.596. The van der Waals surface area contributed by atoms with Crippen molar-refractivity contribution in [1.82, 2.24) is 0 Å². The summed E-state index contributed by atoms with van der Waals surface area (Å²) in [6, 6.07) is 0. The van der Waals surface area contributed by atoms with Crippen molar-refractivity contribution in [3.63, 3.8) is 0 Å². The minimum absolute atomic E-state index is 0.650. The zero-order chi connectivity index (χ0) is 14.9. The molecule has 0 N–H and O–H groups in total. The zero-order valence-electron chi connectivity index (χ0n) is 14.9. The Hall–Kier alpha value is 0. The molecule has 0 heteroatoms. The average Bonchev–Trinajstić information content (AvgIpc) is 3.05. The molecule has 0 nitrogen and oxygen atoms in total. The predicted octanol–water partition coefficient (Wildman–Crippen LogP) is 6.01. The first-order valence-electron chi connectivity index (χ1n) is 10.00. The van der Waals surface area contributed by atoms with Crippen molar-refractivity contribution in [2.75, 3.05) is 0 Å². The summed E-state index contributed by atoms with van der Waals surface area (Å²) in [5, 5.41) is 0. The maximum atomic E-state index is 2.65. The van der Waals surface area contributed by atoms with Gasteiger partial charge in [-0.15, -0.1) is 0 Å². The fourth-order valence-electron chi connectivity index (χ4n) is 8.40. The summed E-state index contributed by atoms with van der Waals surface area (Å²) in [4.78, 5) is 0. The molecule has 21 heavy (non-hydrogen) atoms. The van der Waals surface area contributed by atoms with Crippen LogP contribution in [0.3, 0.4) is 0 Å². The van der Waals surface area contributed by atoms with E-state index in [2.05, 4.69) is 34.6 Å². The van der Waals surface area contributed by atoms with Gasteiger partial charge in [0.2, 0.25) is 0 Å². The third-order valence-corrected chi connectivity index (χ3v) is 8.91. The second-order valence-electron chi connectivity index (χ2n) is 9.87. The molecular formula is C21H36. The minimum Gasteiger partial charge on any atom is -0.0651 e. The van der Waals surface area contributed by atoms with Crippen LogP contribution in [0.1, 0.15) is 73.1 Å². The first-order chi connectivity index (χ1) is 10.00. The molecule has 4 fully saturated rings. The van der Waals surface area contributed by atoms with Gasteiger partial charge in [-0.1, -0.05) is 47.5 Å². The van der Waals surface area contributed by atoms with E-state index in [9.17, 15) is 0 Å². The number of rotatable bonds is 3. The summed E-state index contributed by atoms with van der Waals surface area (Å²) in [6.07, 6.45) is 9.23. The topological polar surface area (TPSA) is 0 Å². The molecule has 0 radical (unpaired) electrons. The van der Waals surface area contributed by atoms with Gasteiger partial charge in [0, 0.05) is 0 Å². The highest BCUT2D eigenvalue weighted by Crippen LogP contribution is 2.73. The molecule has 4 rings (SSSR count). The largest absolute Gasteiger partial charge is 0.0651 e. The highest BCUT2D eigenvalue weighted by Gasteiger charge is 2.67. The maximum Gasteiger partial charge on any atom is -0.0292 e. The lowest BCUT2D eigenvalue weighted by atomic mass is 9.54. The van der Waals surface area contributed by atoms with Crippen LogP contribution in [0.15, 0.2) is 0 Å². The first kappa shape index (κ1) is 14.6. The molecule has 4 aliphatic carbocycles. The van der Waals surface area contributed by atoms with Crippen LogP contribution in [0, 0.1) is 58.7 Å². The van der Waals surface area contributed by atoms with Crippen molar-refractivity contribution in [3.8, 4) is 0 Å². The normalized spacial score (nSPS) is 58.0. The van der Waals surface area contributed by atoms with E-state index in [1.807, 2.05) is 0 Å². The molecule has 0 aromatic carbocycles. The summed E-state index contributed by atoms with van der Waals surface area (Å²) >= 11 is 0. The molecule has 0 aromatic rings. The lowest BCUT2D eigenvalue weighted by molar-refractivity contribution is -0.0264. The Balaban J connectivity index is 1.67. The molecule has 0 aliphatic heterocycles. The van der Waals surface area contributed by atoms with Crippen molar-refractivity contribution >= 4 is 0 Å². The molecule has 120 valence electrons. The fraction of sp³-hybridized carbons (Fsp3) is 1.00. The smallest absolute Gasteiger partial charge is 0.0292 e. The Labute approximate surface area is 132 Å². The predicted molar refractivity (Wildman–Crippen MR) is 89.9 cm³/mol. The van der Waals surface area contributed by atoms with Crippen molar-refractivity contribution in [3.05, 3.63) is 0 Å². The monoisotopic (exact) mass is 288 g/mol. The Morgan fingerprint density at radius 1 is 0.952 bits per heavy atom. The summed E-state index contributed by atoms with van der Waals surface area (Å²) < 4.78 is 0. The van der Waals surface area contributed by atoms with Gasteiger partial charge < -0.3 is 0 Å². The lowest BCUT2D eigenvalue weighted by Crippen LogP contribution is -2.45. The molecule has 4 saturated carbocycles. The zero-order valence-corrected chi connectivity index (χ0v) is 14.9. The first-order valence-corrected chi connectivity index (χ1v) is 10.00. The van der Waals surface area contributed by atoms with Crippen molar-refractivity contribution in [1.29, 1.82) is 0 Å². The van der Waals surface area contributed by atoms with Crippen LogP contribution < -0.4 is 0 Å². The van der Waals surface area contributed by atoms with Crippen LogP contribution in [0.4, 0.5) is 0 Å². The van der Waals surface area contributed by atoms with E-state index in [0.717, 1.165) is 53.3 Å².